The van der Waals surface area contributed by atoms with Crippen molar-refractivity contribution in [2.45, 2.75) is 38.2 Å². The highest BCUT2D eigenvalue weighted by atomic mass is 32.2. The van der Waals surface area contributed by atoms with E-state index in [2.05, 4.69) is 10.5 Å². The summed E-state index contributed by atoms with van der Waals surface area (Å²) in [7, 11) is -4.13. The van der Waals surface area contributed by atoms with E-state index in [-0.39, 0.29) is 17.2 Å². The van der Waals surface area contributed by atoms with Crippen LogP contribution < -0.4 is 14.5 Å². The summed E-state index contributed by atoms with van der Waals surface area (Å²) in [4.78, 5) is 24.4. The Morgan fingerprint density at radius 3 is 2.18 bits per heavy atom. The molecule has 0 radical (unpaired) electrons. The van der Waals surface area contributed by atoms with Crippen molar-refractivity contribution >= 4 is 33.8 Å². The van der Waals surface area contributed by atoms with E-state index in [0.717, 1.165) is 22.0 Å². The number of halogens is 1. The average molecular weight is 556 g/mol. The molecular weight excluding hydrogens is 525 g/mol. The Kier molecular flexibility index (Phi) is 9.42. The summed E-state index contributed by atoms with van der Waals surface area (Å²) in [6, 6.07) is 17.5. The minimum Gasteiger partial charge on any atom is -0.482 e. The van der Waals surface area contributed by atoms with Gasteiger partial charge in [-0.25, -0.2) is 23.0 Å². The normalized spacial score (nSPS) is 11.7. The van der Waals surface area contributed by atoms with Crippen molar-refractivity contribution in [3.05, 3.63) is 89.7 Å². The van der Waals surface area contributed by atoms with Crippen LogP contribution in [0.15, 0.2) is 82.8 Å². The van der Waals surface area contributed by atoms with E-state index < -0.39 is 39.9 Å². The molecule has 3 aromatic rings. The third-order valence-corrected chi connectivity index (χ3v) is 6.86. The average Bonchev–Trinajstić information content (AvgIpc) is 2.87. The lowest BCUT2D eigenvalue weighted by atomic mass is 10.2. The quantitative estimate of drug-likeness (QED) is 0.228. The number of amides is 1. The lowest BCUT2D eigenvalue weighted by Gasteiger charge is -2.23. The van der Waals surface area contributed by atoms with Crippen LogP contribution in [0, 0.1) is 12.7 Å². The van der Waals surface area contributed by atoms with Gasteiger partial charge in [-0.15, -0.1) is 0 Å². The summed E-state index contributed by atoms with van der Waals surface area (Å²) in [5, 5.41) is 3.89. The monoisotopic (exact) mass is 555 g/mol. The van der Waals surface area contributed by atoms with Crippen molar-refractivity contribution in [2.75, 3.05) is 17.5 Å². The van der Waals surface area contributed by atoms with Crippen LogP contribution >= 0.6 is 0 Å². The zero-order valence-corrected chi connectivity index (χ0v) is 22.9. The van der Waals surface area contributed by atoms with Gasteiger partial charge in [0.1, 0.15) is 23.7 Å². The number of hydrogen-bond donors (Lipinski definition) is 1. The zero-order valence-electron chi connectivity index (χ0n) is 22.0. The smallest absolute Gasteiger partial charge is 0.344 e. The number of hydrazone groups is 1. The third-order valence-electron chi connectivity index (χ3n) is 5.07. The van der Waals surface area contributed by atoms with Gasteiger partial charge in [-0.1, -0.05) is 17.7 Å². The number of carbonyl (C=O) groups excluding carboxylic acids is 2. The fourth-order valence-corrected chi connectivity index (χ4v) is 4.69. The number of anilines is 1. The van der Waals surface area contributed by atoms with Gasteiger partial charge in [-0.05, 0) is 93.9 Å². The minimum absolute atomic E-state index is 0.0114. The van der Waals surface area contributed by atoms with E-state index in [1.807, 2.05) is 6.92 Å². The molecule has 0 aromatic heterocycles. The number of ether oxygens (including phenoxy) is 2. The first-order chi connectivity index (χ1) is 18.3. The summed E-state index contributed by atoms with van der Waals surface area (Å²) in [5.41, 5.74) is 3.31. The van der Waals surface area contributed by atoms with Crippen LogP contribution in [0.25, 0.3) is 0 Å². The Morgan fingerprint density at radius 1 is 0.974 bits per heavy atom. The Balaban J connectivity index is 1.64. The van der Waals surface area contributed by atoms with Crippen molar-refractivity contribution in [2.24, 2.45) is 5.10 Å². The van der Waals surface area contributed by atoms with Gasteiger partial charge in [0.05, 0.1) is 16.8 Å². The van der Waals surface area contributed by atoms with Crippen LogP contribution in [0.2, 0.25) is 0 Å². The summed E-state index contributed by atoms with van der Waals surface area (Å²) >= 11 is 0. The van der Waals surface area contributed by atoms with E-state index >= 15 is 0 Å². The first kappa shape index (κ1) is 29.3. The molecular formula is C28H30FN3O6S. The molecule has 0 aliphatic rings. The van der Waals surface area contributed by atoms with E-state index in [9.17, 15) is 22.4 Å². The highest BCUT2D eigenvalue weighted by Gasteiger charge is 2.27. The summed E-state index contributed by atoms with van der Waals surface area (Å²) < 4.78 is 51.6. The Hall–Kier alpha value is -4.25. The van der Waals surface area contributed by atoms with Gasteiger partial charge >= 0.3 is 5.97 Å². The van der Waals surface area contributed by atoms with Crippen LogP contribution in [0.3, 0.4) is 0 Å². The second kappa shape index (κ2) is 12.5. The van der Waals surface area contributed by atoms with E-state index in [4.69, 9.17) is 9.47 Å². The maximum absolute atomic E-state index is 13.5. The van der Waals surface area contributed by atoms with E-state index in [1.165, 1.54) is 30.5 Å². The Morgan fingerprint density at radius 2 is 1.59 bits per heavy atom. The topological polar surface area (TPSA) is 114 Å². The second-order valence-corrected chi connectivity index (χ2v) is 11.4. The van der Waals surface area contributed by atoms with Crippen LogP contribution in [-0.2, 0) is 24.3 Å². The van der Waals surface area contributed by atoms with E-state index in [1.54, 1.807) is 57.2 Å². The first-order valence-corrected chi connectivity index (χ1v) is 13.4. The first-order valence-electron chi connectivity index (χ1n) is 11.9. The minimum atomic E-state index is -4.13. The molecule has 9 nitrogen and oxygen atoms in total. The molecule has 3 rings (SSSR count). The lowest BCUT2D eigenvalue weighted by Crippen LogP contribution is -2.39. The largest absolute Gasteiger partial charge is 0.482 e. The molecule has 0 saturated carbocycles. The molecule has 39 heavy (non-hydrogen) atoms. The summed E-state index contributed by atoms with van der Waals surface area (Å²) in [5.74, 6) is -1.29. The van der Waals surface area contributed by atoms with Crippen molar-refractivity contribution in [3.8, 4) is 5.75 Å². The number of benzene rings is 3. The Bertz CT molecular complexity index is 1420. The van der Waals surface area contributed by atoms with Crippen molar-refractivity contribution in [3.63, 3.8) is 0 Å². The highest BCUT2D eigenvalue weighted by Crippen LogP contribution is 2.24. The number of esters is 1. The maximum atomic E-state index is 13.5. The number of hydrogen-bond acceptors (Lipinski definition) is 7. The molecule has 0 saturated heterocycles. The highest BCUT2D eigenvalue weighted by molar-refractivity contribution is 7.92. The summed E-state index contributed by atoms with van der Waals surface area (Å²) in [6.07, 6.45) is 1.37. The number of carbonyl (C=O) groups is 2. The number of nitrogens with zero attached hydrogens (tertiary/aromatic N) is 2. The molecule has 0 heterocycles. The van der Waals surface area contributed by atoms with Gasteiger partial charge in [-0.3, -0.25) is 9.10 Å². The van der Waals surface area contributed by atoms with Crippen LogP contribution in [0.5, 0.6) is 5.75 Å². The lowest BCUT2D eigenvalue weighted by molar-refractivity contribution is -0.157. The van der Waals surface area contributed by atoms with Crippen LogP contribution in [0.4, 0.5) is 10.1 Å². The second-order valence-electron chi connectivity index (χ2n) is 9.54. The molecule has 1 amide bonds. The van der Waals surface area contributed by atoms with Crippen molar-refractivity contribution in [1.82, 2.24) is 5.43 Å². The number of sulfonamides is 1. The van der Waals surface area contributed by atoms with Gasteiger partial charge in [0.25, 0.3) is 15.9 Å². The molecule has 0 fully saturated rings. The van der Waals surface area contributed by atoms with Gasteiger partial charge in [0.2, 0.25) is 0 Å². The molecule has 206 valence electrons. The zero-order chi connectivity index (χ0) is 28.6. The van der Waals surface area contributed by atoms with Crippen LogP contribution in [-0.4, -0.2) is 45.3 Å². The predicted molar refractivity (Wildman–Crippen MR) is 146 cm³/mol. The van der Waals surface area contributed by atoms with Crippen molar-refractivity contribution < 1.29 is 31.9 Å². The molecule has 3 aromatic carbocycles. The van der Waals surface area contributed by atoms with Crippen LogP contribution in [0.1, 0.15) is 31.9 Å². The van der Waals surface area contributed by atoms with Gasteiger partial charge in [-0.2, -0.15) is 5.10 Å². The maximum Gasteiger partial charge on any atom is 0.344 e. The fraction of sp³-hybridized carbons (Fsp3) is 0.250. The standard InChI is InChI=1S/C28H30FN3O6S/c1-20-5-15-25(16-6-20)39(35,36)32(23-11-9-22(29)10-12-23)18-26(33)31-30-17-21-7-13-24(14-8-21)37-19-27(34)38-28(2,3)4/h5-17H,18-19H2,1-4H3,(H,31,33)/b30-17-. The number of nitrogens with one attached hydrogen (secondary N) is 1. The van der Waals surface area contributed by atoms with Gasteiger partial charge in [0.15, 0.2) is 6.61 Å². The Labute approximate surface area is 227 Å². The molecule has 11 heteroatoms. The van der Waals surface area contributed by atoms with Gasteiger partial charge < -0.3 is 9.47 Å². The fourth-order valence-electron chi connectivity index (χ4n) is 3.27. The molecule has 0 bridgehead atoms. The third kappa shape index (κ3) is 8.92. The number of rotatable bonds is 10. The molecule has 0 unspecified atom stereocenters. The molecule has 0 atom stereocenters. The molecule has 1 N–H and O–H groups in total. The molecule has 0 spiro atoms. The van der Waals surface area contributed by atoms with E-state index in [0.29, 0.717) is 11.3 Å². The number of aryl methyl sites for hydroxylation is 1. The SMILES string of the molecule is Cc1ccc(S(=O)(=O)N(CC(=O)N/N=C\c2ccc(OCC(=O)OC(C)(C)C)cc2)c2ccc(F)cc2)cc1. The molecule has 0 aliphatic carbocycles. The summed E-state index contributed by atoms with van der Waals surface area (Å²) in [6.45, 7) is 6.29. The molecule has 0 aliphatic heterocycles. The predicted octanol–water partition coefficient (Wildman–Crippen LogP) is 4.20. The van der Waals surface area contributed by atoms with Crippen molar-refractivity contribution in [1.29, 1.82) is 0 Å². The van der Waals surface area contributed by atoms with Gasteiger partial charge in [0, 0.05) is 0 Å².